The van der Waals surface area contributed by atoms with Crippen LogP contribution in [0.25, 0.3) is 44.1 Å². The zero-order chi connectivity index (χ0) is 77.7. The van der Waals surface area contributed by atoms with E-state index in [0.29, 0.717) is 60.9 Å². The highest BCUT2D eigenvalue weighted by molar-refractivity contribution is 6.30. The minimum absolute atomic E-state index is 0.298. The van der Waals surface area contributed by atoms with Crippen LogP contribution in [-0.4, -0.2) is 158 Å². The van der Waals surface area contributed by atoms with Gasteiger partial charge < -0.3 is 43.4 Å². The molecule has 20 rings (SSSR count). The molecule has 16 heterocycles. The molecule has 584 valence electrons. The summed E-state index contributed by atoms with van der Waals surface area (Å²) in [5, 5.41) is 46.0. The molecule has 4 saturated heterocycles. The van der Waals surface area contributed by atoms with Gasteiger partial charge in [-0.05, 0) is 192 Å². The van der Waals surface area contributed by atoms with Gasteiger partial charge in [0.2, 0.25) is 0 Å². The molecule has 8 atom stereocenters. The number of ether oxygens (including phenoxy) is 1. The number of aliphatic hydroxyl groups is 4. The van der Waals surface area contributed by atoms with E-state index in [1.165, 1.54) is 122 Å². The maximum absolute atomic E-state index is 13.3. The summed E-state index contributed by atoms with van der Waals surface area (Å²) < 4.78 is 27.6. The molecule has 0 amide bonds. The summed E-state index contributed by atoms with van der Waals surface area (Å²) >= 11 is 6.04. The lowest BCUT2D eigenvalue weighted by Crippen LogP contribution is -2.33. The van der Waals surface area contributed by atoms with Crippen LogP contribution in [0, 0.1) is 33.5 Å². The van der Waals surface area contributed by atoms with E-state index in [9.17, 15) is 24.8 Å². The van der Waals surface area contributed by atoms with Crippen molar-refractivity contribution in [2.24, 2.45) is 0 Å². The first-order valence-corrected chi connectivity index (χ1v) is 40.7. The number of hydrogen-bond donors (Lipinski definition) is 4. The number of aryl methyl sites for hydroxylation is 4. The van der Waals surface area contributed by atoms with Crippen LogP contribution in [0.15, 0.2) is 128 Å². The van der Waals surface area contributed by atoms with Crippen molar-refractivity contribution in [2.75, 3.05) is 59.5 Å². The van der Waals surface area contributed by atoms with Crippen LogP contribution in [-0.2, 0) is 74.3 Å². The molecule has 0 aliphatic carbocycles. The second kappa shape index (κ2) is 30.1. The number of rotatable bonds is 13. The number of aromatic nitrogens is 12. The van der Waals surface area contributed by atoms with Gasteiger partial charge >= 0.3 is 0 Å². The Morgan fingerprint density at radius 3 is 0.938 bits per heavy atom. The first-order chi connectivity index (χ1) is 53.9. The lowest BCUT2D eigenvalue weighted by molar-refractivity contribution is 0.0378. The molecule has 21 nitrogen and oxygen atoms in total. The second-order valence-corrected chi connectivity index (χ2v) is 33.8. The normalized spacial score (nSPS) is 21.5. The molecule has 8 unspecified atom stereocenters. The number of benzene rings is 4. The summed E-state index contributed by atoms with van der Waals surface area (Å²) in [6.45, 7) is 26.0. The van der Waals surface area contributed by atoms with E-state index in [1.54, 1.807) is 26.2 Å². The molecule has 23 heteroatoms. The van der Waals surface area contributed by atoms with Crippen LogP contribution in [0.5, 0.6) is 5.75 Å². The van der Waals surface area contributed by atoms with Crippen molar-refractivity contribution in [3.8, 4) is 5.75 Å². The lowest BCUT2D eigenvalue weighted by atomic mass is 9.95. The molecule has 8 aliphatic rings. The number of methoxy groups -OCH3 is 1. The fourth-order valence-electron chi connectivity index (χ4n) is 20.0. The van der Waals surface area contributed by atoms with E-state index in [1.807, 2.05) is 152 Å². The summed E-state index contributed by atoms with van der Waals surface area (Å²) in [6, 6.07) is 33.0. The van der Waals surface area contributed by atoms with Gasteiger partial charge in [0.05, 0.1) is 102 Å². The van der Waals surface area contributed by atoms with Crippen molar-refractivity contribution in [1.82, 2.24) is 77.7 Å². The molecule has 0 saturated carbocycles. The summed E-state index contributed by atoms with van der Waals surface area (Å²) in [7, 11) is 1.65. The van der Waals surface area contributed by atoms with Gasteiger partial charge in [0.1, 0.15) is 57.3 Å². The Morgan fingerprint density at radius 2 is 0.652 bits per heavy atom. The van der Waals surface area contributed by atoms with Gasteiger partial charge in [-0.25, -0.2) is 44.3 Å². The Labute approximate surface area is 659 Å². The molecule has 4 N–H and O–H groups in total. The first kappa shape index (κ1) is 75.7. The zero-order valence-electron chi connectivity index (χ0n) is 66.0. The highest BCUT2D eigenvalue weighted by Crippen LogP contribution is 2.48. The van der Waals surface area contributed by atoms with Gasteiger partial charge in [-0.1, -0.05) is 78.3 Å². The van der Waals surface area contributed by atoms with Crippen LogP contribution in [0.4, 0.5) is 4.39 Å². The van der Waals surface area contributed by atoms with E-state index < -0.39 is 22.4 Å². The third-order valence-electron chi connectivity index (χ3n) is 25.5. The molecular formula is C89H104ClFN16O5. The Bertz CT molecular complexity index is 5310. The van der Waals surface area contributed by atoms with Gasteiger partial charge in [0, 0.05) is 126 Å². The average molecular weight is 1530 g/mol. The number of hydrogen-bond acceptors (Lipinski definition) is 17. The molecule has 0 spiro atoms. The maximum Gasteiger partial charge on any atom is 0.126 e. The highest BCUT2D eigenvalue weighted by Gasteiger charge is 2.43. The fraction of sp³-hybridized carbons (Fsp3) is 0.461. The molecule has 8 aliphatic heterocycles. The summed E-state index contributed by atoms with van der Waals surface area (Å²) in [5.41, 5.74) is 18.3. The van der Waals surface area contributed by atoms with Crippen LogP contribution in [0.1, 0.15) is 194 Å². The van der Waals surface area contributed by atoms with Crippen LogP contribution >= 0.6 is 11.6 Å². The Morgan fingerprint density at radius 1 is 0.384 bits per heavy atom. The Kier molecular flexibility index (Phi) is 20.4. The second-order valence-electron chi connectivity index (χ2n) is 33.4. The number of halogens is 2. The van der Waals surface area contributed by atoms with E-state index in [0.717, 1.165) is 155 Å². The van der Waals surface area contributed by atoms with Gasteiger partial charge in [0.25, 0.3) is 0 Å². The van der Waals surface area contributed by atoms with Crippen molar-refractivity contribution in [1.29, 1.82) is 0 Å². The Balaban J connectivity index is 0.000000108. The third kappa shape index (κ3) is 14.2. The highest BCUT2D eigenvalue weighted by atomic mass is 35.5. The zero-order valence-corrected chi connectivity index (χ0v) is 66.8. The minimum atomic E-state index is -1.12. The standard InChI is InChI=1S/C23H28N4O2.C22H25ClN4O.C22H25FN4O.C22H26N4O/c1-15-24-13-20-22(25-15)21-18-5-4-11-26(18)12-10-19(21)27(20)14-23(2,28)16-6-8-17(29-3)9-7-16;2*1-14-24-12-19-21(25-14)20-17-4-3-10-26(17)11-9-18(20)27(19)13-22(2,28)15-5-7-16(23)8-6-15;1-15-23-13-19-21(24-15)20-17-9-6-11-25(17)12-10-18(20)26(19)14-22(2,27)16-7-4-3-5-8-16/h6-9,13,18,28H,4-5,10-12,14H2,1-3H3;2*5-8,12,17,28H,3-4,9-11,13H2,1-2H3;3-5,7-8,13,17,27H,6,9-12,14H2,1-2H3. The third-order valence-corrected chi connectivity index (χ3v) is 25.8. The van der Waals surface area contributed by atoms with Crippen LogP contribution in [0.3, 0.4) is 0 Å². The summed E-state index contributed by atoms with van der Waals surface area (Å²) in [4.78, 5) is 47.5. The van der Waals surface area contributed by atoms with Crippen molar-refractivity contribution in [3.05, 3.63) is 229 Å². The maximum atomic E-state index is 13.3. The number of fused-ring (bicyclic) bond motifs is 20. The molecule has 12 aromatic rings. The summed E-state index contributed by atoms with van der Waals surface area (Å²) in [6.07, 6.45) is 21.3. The van der Waals surface area contributed by atoms with Gasteiger partial charge in [-0.2, -0.15) is 0 Å². The van der Waals surface area contributed by atoms with Crippen molar-refractivity contribution in [3.63, 3.8) is 0 Å². The predicted octanol–water partition coefficient (Wildman–Crippen LogP) is 14.2. The molecule has 0 radical (unpaired) electrons. The SMILES string of the molecule is COc1ccc(C(C)(O)Cn2c3c(c4nc(C)ncc42)C2CCCN2CC3)cc1.Cc1ncc2c(n1)c1c(n2CC(C)(O)c2ccc(Cl)cc2)CCN2CCCC12.Cc1ncc2c(n1)c1c(n2CC(C)(O)c2ccc(F)cc2)CCN2CCCC12.Cc1ncc2c(n1)c1c(n2CC(C)(O)c2ccccc2)CCN2CCCC12. The summed E-state index contributed by atoms with van der Waals surface area (Å²) in [5.74, 6) is 3.67. The van der Waals surface area contributed by atoms with Crippen molar-refractivity contribution < 1.29 is 29.6 Å². The van der Waals surface area contributed by atoms with Crippen molar-refractivity contribution in [2.45, 2.75) is 205 Å². The number of nitrogens with zero attached hydrogens (tertiary/aromatic N) is 16. The van der Waals surface area contributed by atoms with Crippen LogP contribution < -0.4 is 4.74 Å². The van der Waals surface area contributed by atoms with E-state index in [4.69, 9.17) is 36.3 Å². The molecule has 112 heavy (non-hydrogen) atoms. The van der Waals surface area contributed by atoms with Crippen molar-refractivity contribution >= 4 is 55.7 Å². The Hall–Kier alpha value is -8.94. The smallest absolute Gasteiger partial charge is 0.126 e. The first-order valence-electron chi connectivity index (χ1n) is 40.4. The largest absolute Gasteiger partial charge is 0.497 e. The lowest BCUT2D eigenvalue weighted by Gasteiger charge is -2.32. The van der Waals surface area contributed by atoms with Gasteiger partial charge in [0.15, 0.2) is 0 Å². The quantitative estimate of drug-likeness (QED) is 0.0842. The minimum Gasteiger partial charge on any atom is -0.497 e. The topological polar surface area (TPSA) is 226 Å². The predicted molar refractivity (Wildman–Crippen MR) is 434 cm³/mol. The van der Waals surface area contributed by atoms with Gasteiger partial charge in [-0.3, -0.25) is 19.6 Å². The fourth-order valence-corrected chi connectivity index (χ4v) is 20.1. The molecular weight excluding hydrogens is 1430 g/mol. The molecule has 4 aromatic carbocycles. The van der Waals surface area contributed by atoms with E-state index >= 15 is 0 Å². The molecule has 0 bridgehead atoms. The van der Waals surface area contributed by atoms with E-state index in [-0.39, 0.29) is 5.82 Å². The monoisotopic (exact) mass is 1530 g/mol. The molecule has 8 aromatic heterocycles. The molecule has 4 fully saturated rings. The van der Waals surface area contributed by atoms with Gasteiger partial charge in [-0.15, -0.1) is 0 Å². The van der Waals surface area contributed by atoms with E-state index in [2.05, 4.69) is 57.8 Å². The average Bonchev–Trinajstić information content (AvgIpc) is 1.60. The van der Waals surface area contributed by atoms with Crippen LogP contribution in [0.2, 0.25) is 5.02 Å².